The van der Waals surface area contributed by atoms with Crippen molar-refractivity contribution in [3.05, 3.63) is 88.0 Å². The summed E-state index contributed by atoms with van der Waals surface area (Å²) in [4.78, 5) is 26.4. The molecule has 5 nitrogen and oxygen atoms in total. The molecule has 1 aromatic heterocycles. The van der Waals surface area contributed by atoms with Crippen molar-refractivity contribution in [3.8, 4) is 0 Å². The van der Waals surface area contributed by atoms with Crippen LogP contribution in [-0.2, 0) is 0 Å². The van der Waals surface area contributed by atoms with E-state index in [9.17, 15) is 14.0 Å². The van der Waals surface area contributed by atoms with E-state index in [2.05, 4.69) is 5.32 Å². The number of nitrogens with one attached hydrogen (secondary N) is 1. The van der Waals surface area contributed by atoms with Crippen molar-refractivity contribution < 1.29 is 18.4 Å². The van der Waals surface area contributed by atoms with E-state index >= 15 is 0 Å². The molecule has 0 bridgehead atoms. The van der Waals surface area contributed by atoms with Gasteiger partial charge in [-0.2, -0.15) is 0 Å². The van der Waals surface area contributed by atoms with Crippen LogP contribution in [-0.4, -0.2) is 24.9 Å². The number of nitrogens with zero attached hydrogens (tertiary/aromatic N) is 1. The molecule has 0 fully saturated rings. The highest BCUT2D eigenvalue weighted by Crippen LogP contribution is 2.25. The fourth-order valence-electron chi connectivity index (χ4n) is 2.55. The van der Waals surface area contributed by atoms with Crippen molar-refractivity contribution in [2.45, 2.75) is 0 Å². The van der Waals surface area contributed by atoms with Gasteiger partial charge in [0, 0.05) is 23.8 Å². The van der Waals surface area contributed by atoms with E-state index in [1.807, 2.05) is 0 Å². The number of amides is 2. The number of carbonyl (C=O) groups excluding carboxylic acids is 2. The average molecular weight is 421 g/mol. The first-order valence-electron chi connectivity index (χ1n) is 8.30. The number of furan rings is 1. The van der Waals surface area contributed by atoms with Gasteiger partial charge in [0.15, 0.2) is 5.76 Å². The van der Waals surface area contributed by atoms with Crippen molar-refractivity contribution in [1.82, 2.24) is 5.32 Å². The van der Waals surface area contributed by atoms with Crippen molar-refractivity contribution >= 4 is 40.7 Å². The van der Waals surface area contributed by atoms with Crippen molar-refractivity contribution in [2.75, 3.05) is 18.0 Å². The zero-order valence-electron chi connectivity index (χ0n) is 14.5. The van der Waals surface area contributed by atoms with Crippen molar-refractivity contribution in [3.63, 3.8) is 0 Å². The summed E-state index contributed by atoms with van der Waals surface area (Å²) in [5, 5.41) is 3.27. The lowest BCUT2D eigenvalue weighted by atomic mass is 10.1. The third-order valence-corrected chi connectivity index (χ3v) is 4.46. The first-order chi connectivity index (χ1) is 13.5. The molecule has 1 heterocycles. The Morgan fingerprint density at radius 3 is 2.46 bits per heavy atom. The molecule has 144 valence electrons. The number of carbonyl (C=O) groups is 2. The molecule has 0 saturated heterocycles. The maximum absolute atomic E-state index is 13.3. The third-order valence-electron chi connectivity index (χ3n) is 3.91. The number of rotatable bonds is 6. The van der Waals surface area contributed by atoms with Crippen molar-refractivity contribution in [2.24, 2.45) is 0 Å². The summed E-state index contributed by atoms with van der Waals surface area (Å²) in [5.41, 5.74) is 0.706. The molecule has 28 heavy (non-hydrogen) atoms. The average Bonchev–Trinajstić information content (AvgIpc) is 3.20. The molecular formula is C20H15Cl2FN2O3. The Morgan fingerprint density at radius 2 is 1.82 bits per heavy atom. The predicted molar refractivity (Wildman–Crippen MR) is 106 cm³/mol. The van der Waals surface area contributed by atoms with Gasteiger partial charge < -0.3 is 14.6 Å². The topological polar surface area (TPSA) is 62.6 Å². The van der Waals surface area contributed by atoms with Gasteiger partial charge in [-0.1, -0.05) is 23.2 Å². The standard InChI is InChI=1S/C20H15Cl2FN2O3/c21-13-3-8-16(17(22)12-13)20(27)25(15-6-4-14(23)5-7-15)10-9-24-19(26)18-2-1-11-28-18/h1-8,11-12H,9-10H2,(H,24,26). The maximum atomic E-state index is 13.3. The minimum atomic E-state index is -0.424. The van der Waals surface area contributed by atoms with E-state index in [0.29, 0.717) is 10.7 Å². The second-order valence-electron chi connectivity index (χ2n) is 5.79. The number of hydrogen-bond acceptors (Lipinski definition) is 3. The summed E-state index contributed by atoms with van der Waals surface area (Å²) in [6.45, 7) is 0.281. The second kappa shape index (κ2) is 8.91. The van der Waals surface area contributed by atoms with Crippen LogP contribution in [0.15, 0.2) is 65.3 Å². The molecule has 0 atom stereocenters. The zero-order chi connectivity index (χ0) is 20.1. The van der Waals surface area contributed by atoms with Gasteiger partial charge in [0.25, 0.3) is 11.8 Å². The molecule has 0 spiro atoms. The predicted octanol–water partition coefficient (Wildman–Crippen LogP) is 4.80. The molecule has 2 aromatic carbocycles. The van der Waals surface area contributed by atoms with Gasteiger partial charge in [0.1, 0.15) is 5.82 Å². The normalized spacial score (nSPS) is 10.5. The Kier molecular flexibility index (Phi) is 6.34. The maximum Gasteiger partial charge on any atom is 0.287 e. The Bertz CT molecular complexity index is 976. The van der Waals surface area contributed by atoms with Crippen LogP contribution in [0.3, 0.4) is 0 Å². The molecule has 0 radical (unpaired) electrons. The van der Waals surface area contributed by atoms with Crippen LogP contribution in [0.2, 0.25) is 10.0 Å². The molecular weight excluding hydrogens is 406 g/mol. The smallest absolute Gasteiger partial charge is 0.287 e. The highest BCUT2D eigenvalue weighted by molar-refractivity contribution is 6.37. The fourth-order valence-corrected chi connectivity index (χ4v) is 3.04. The van der Waals surface area contributed by atoms with E-state index in [1.165, 1.54) is 53.6 Å². The summed E-state index contributed by atoms with van der Waals surface area (Å²) in [5.74, 6) is -1.06. The lowest BCUT2D eigenvalue weighted by Gasteiger charge is -2.23. The van der Waals surface area contributed by atoms with Crippen LogP contribution in [0.4, 0.5) is 10.1 Å². The van der Waals surface area contributed by atoms with Gasteiger partial charge in [0.2, 0.25) is 0 Å². The minimum Gasteiger partial charge on any atom is -0.459 e. The van der Waals surface area contributed by atoms with E-state index in [-0.39, 0.29) is 29.4 Å². The number of halogens is 3. The molecule has 0 saturated carbocycles. The van der Waals surface area contributed by atoms with Crippen LogP contribution < -0.4 is 10.2 Å². The van der Waals surface area contributed by atoms with Crippen LogP contribution in [0.5, 0.6) is 0 Å². The summed E-state index contributed by atoms with van der Waals surface area (Å²) < 4.78 is 18.3. The summed E-state index contributed by atoms with van der Waals surface area (Å²) >= 11 is 12.1. The molecule has 1 N–H and O–H groups in total. The van der Waals surface area contributed by atoms with Gasteiger partial charge in [-0.25, -0.2) is 4.39 Å². The molecule has 0 aliphatic heterocycles. The van der Waals surface area contributed by atoms with Gasteiger partial charge in [-0.15, -0.1) is 0 Å². The summed E-state index contributed by atoms with van der Waals surface area (Å²) in [7, 11) is 0. The Hall–Kier alpha value is -2.83. The van der Waals surface area contributed by atoms with E-state index in [0.717, 1.165) is 0 Å². The van der Waals surface area contributed by atoms with Gasteiger partial charge in [0.05, 0.1) is 16.8 Å². The van der Waals surface area contributed by atoms with Crippen LogP contribution in [0, 0.1) is 5.82 Å². The Balaban J connectivity index is 1.79. The largest absolute Gasteiger partial charge is 0.459 e. The number of hydrogen-bond donors (Lipinski definition) is 1. The van der Waals surface area contributed by atoms with E-state index < -0.39 is 17.6 Å². The zero-order valence-corrected chi connectivity index (χ0v) is 16.0. The lowest BCUT2D eigenvalue weighted by molar-refractivity contribution is 0.0919. The highest BCUT2D eigenvalue weighted by atomic mass is 35.5. The van der Waals surface area contributed by atoms with Crippen LogP contribution >= 0.6 is 23.2 Å². The quantitative estimate of drug-likeness (QED) is 0.622. The van der Waals surface area contributed by atoms with Crippen molar-refractivity contribution in [1.29, 1.82) is 0 Å². The molecule has 8 heteroatoms. The Morgan fingerprint density at radius 1 is 1.07 bits per heavy atom. The van der Waals surface area contributed by atoms with Gasteiger partial charge in [-0.3, -0.25) is 9.59 Å². The van der Waals surface area contributed by atoms with E-state index in [4.69, 9.17) is 27.6 Å². The highest BCUT2D eigenvalue weighted by Gasteiger charge is 2.21. The van der Waals surface area contributed by atoms with Gasteiger partial charge in [-0.05, 0) is 54.6 Å². The number of anilines is 1. The molecule has 2 amide bonds. The monoisotopic (exact) mass is 420 g/mol. The molecule has 0 aliphatic carbocycles. The lowest BCUT2D eigenvalue weighted by Crippen LogP contribution is -2.38. The fraction of sp³-hybridized carbons (Fsp3) is 0.100. The molecule has 0 unspecified atom stereocenters. The minimum absolute atomic E-state index is 0.135. The third kappa shape index (κ3) is 4.71. The molecule has 0 aliphatic rings. The first-order valence-corrected chi connectivity index (χ1v) is 9.05. The number of benzene rings is 2. The molecule has 3 aromatic rings. The summed E-state index contributed by atoms with van der Waals surface area (Å²) in [6, 6.07) is 13.1. The van der Waals surface area contributed by atoms with E-state index in [1.54, 1.807) is 12.1 Å². The summed E-state index contributed by atoms with van der Waals surface area (Å²) in [6.07, 6.45) is 1.39. The second-order valence-corrected chi connectivity index (χ2v) is 6.63. The SMILES string of the molecule is O=C(NCCN(C(=O)c1ccc(Cl)cc1Cl)c1ccc(F)cc1)c1ccco1. The van der Waals surface area contributed by atoms with Crippen LogP contribution in [0.25, 0.3) is 0 Å². The first kappa shape index (κ1) is 19.9. The molecule has 3 rings (SSSR count). The van der Waals surface area contributed by atoms with Crippen LogP contribution in [0.1, 0.15) is 20.9 Å². The Labute approximate surface area is 170 Å². The van der Waals surface area contributed by atoms with Gasteiger partial charge >= 0.3 is 0 Å².